The van der Waals surface area contributed by atoms with Crippen molar-refractivity contribution in [1.29, 1.82) is 0 Å². The minimum absolute atomic E-state index is 0.00659. The van der Waals surface area contributed by atoms with E-state index in [2.05, 4.69) is 15.9 Å². The van der Waals surface area contributed by atoms with Crippen LogP contribution in [0.3, 0.4) is 0 Å². The molecule has 31 heavy (non-hydrogen) atoms. The second-order valence-electron chi connectivity index (χ2n) is 6.51. The standard InChI is InChI=1S/C20H21BrN2O7S/c1-3-6-19(24)22(31(28,29)16-9-5-8-15(12-16)23(26)27)14-10-11-18(17(21)13-14)30-20(25)7-4-2/h5,8-13H,3-4,6-7H2,1-2H3. The summed E-state index contributed by atoms with van der Waals surface area (Å²) in [5, 5.41) is 11.1. The molecule has 0 aliphatic rings. The third-order valence-electron chi connectivity index (χ3n) is 4.08. The third-order valence-corrected chi connectivity index (χ3v) is 6.45. The monoisotopic (exact) mass is 512 g/mol. The predicted octanol–water partition coefficient (Wildman–Crippen LogP) is 4.58. The van der Waals surface area contributed by atoms with Gasteiger partial charge in [0.2, 0.25) is 5.91 Å². The summed E-state index contributed by atoms with van der Waals surface area (Å²) in [6.07, 6.45) is 1.17. The molecule has 0 heterocycles. The van der Waals surface area contributed by atoms with Gasteiger partial charge < -0.3 is 4.74 Å². The molecule has 0 saturated heterocycles. The molecule has 0 atom stereocenters. The van der Waals surface area contributed by atoms with E-state index in [9.17, 15) is 28.1 Å². The number of nitro groups is 1. The molecule has 0 spiro atoms. The number of benzene rings is 2. The van der Waals surface area contributed by atoms with Crippen LogP contribution in [0.25, 0.3) is 0 Å². The second-order valence-corrected chi connectivity index (χ2v) is 9.15. The Morgan fingerprint density at radius 3 is 2.35 bits per heavy atom. The van der Waals surface area contributed by atoms with Gasteiger partial charge in [0, 0.05) is 25.0 Å². The molecule has 1 amide bonds. The van der Waals surface area contributed by atoms with Crippen LogP contribution in [0.15, 0.2) is 51.8 Å². The largest absolute Gasteiger partial charge is 0.425 e. The number of anilines is 1. The van der Waals surface area contributed by atoms with Crippen molar-refractivity contribution in [3.63, 3.8) is 0 Å². The average molecular weight is 513 g/mol. The number of halogens is 1. The molecule has 0 bridgehead atoms. The van der Waals surface area contributed by atoms with Crippen molar-refractivity contribution >= 4 is 49.2 Å². The van der Waals surface area contributed by atoms with Crippen LogP contribution in [0, 0.1) is 10.1 Å². The molecule has 2 aromatic carbocycles. The first-order valence-corrected chi connectivity index (χ1v) is 11.7. The van der Waals surface area contributed by atoms with Gasteiger partial charge in [-0.3, -0.25) is 19.7 Å². The van der Waals surface area contributed by atoms with Gasteiger partial charge in [-0.1, -0.05) is 19.9 Å². The van der Waals surface area contributed by atoms with Gasteiger partial charge in [-0.05, 0) is 53.0 Å². The van der Waals surface area contributed by atoms with Gasteiger partial charge in [0.05, 0.1) is 20.0 Å². The molecule has 9 nitrogen and oxygen atoms in total. The van der Waals surface area contributed by atoms with E-state index < -0.39 is 32.5 Å². The summed E-state index contributed by atoms with van der Waals surface area (Å²) in [5.41, 5.74) is -0.407. The number of rotatable bonds is 9. The Labute approximate surface area is 188 Å². The molecule has 166 valence electrons. The third kappa shape index (κ3) is 5.88. The van der Waals surface area contributed by atoms with Gasteiger partial charge >= 0.3 is 5.97 Å². The van der Waals surface area contributed by atoms with E-state index in [1.165, 1.54) is 30.3 Å². The van der Waals surface area contributed by atoms with Crippen molar-refractivity contribution in [3.8, 4) is 5.75 Å². The Morgan fingerprint density at radius 1 is 1.10 bits per heavy atom. The second kappa shape index (κ2) is 10.5. The number of hydrogen-bond acceptors (Lipinski definition) is 7. The molecular weight excluding hydrogens is 492 g/mol. The highest BCUT2D eigenvalue weighted by atomic mass is 79.9. The highest BCUT2D eigenvalue weighted by molar-refractivity contribution is 9.10. The van der Waals surface area contributed by atoms with Gasteiger partial charge in [0.15, 0.2) is 0 Å². The van der Waals surface area contributed by atoms with Gasteiger partial charge in [-0.2, -0.15) is 0 Å². The lowest BCUT2D eigenvalue weighted by Gasteiger charge is -2.23. The van der Waals surface area contributed by atoms with Crippen LogP contribution in [0.5, 0.6) is 5.75 Å². The minimum Gasteiger partial charge on any atom is -0.425 e. The van der Waals surface area contributed by atoms with Crippen LogP contribution >= 0.6 is 15.9 Å². The Bertz CT molecular complexity index is 1100. The summed E-state index contributed by atoms with van der Waals surface area (Å²) < 4.78 is 32.6. The molecule has 2 aromatic rings. The highest BCUT2D eigenvalue weighted by Gasteiger charge is 2.32. The van der Waals surface area contributed by atoms with Crippen molar-refractivity contribution in [1.82, 2.24) is 0 Å². The quantitative estimate of drug-likeness (QED) is 0.208. The number of ether oxygens (including phenoxy) is 1. The highest BCUT2D eigenvalue weighted by Crippen LogP contribution is 2.33. The lowest BCUT2D eigenvalue weighted by molar-refractivity contribution is -0.385. The number of hydrogen-bond donors (Lipinski definition) is 0. The van der Waals surface area contributed by atoms with Crippen LogP contribution in [0.4, 0.5) is 11.4 Å². The number of esters is 1. The number of carbonyl (C=O) groups is 2. The number of amides is 1. The number of nitro benzene ring substituents is 1. The van der Waals surface area contributed by atoms with Crippen LogP contribution in [0.2, 0.25) is 0 Å². The van der Waals surface area contributed by atoms with E-state index in [1.54, 1.807) is 6.92 Å². The maximum Gasteiger partial charge on any atom is 0.311 e. The Morgan fingerprint density at radius 2 is 1.77 bits per heavy atom. The number of sulfonamides is 1. The molecule has 0 radical (unpaired) electrons. The zero-order valence-corrected chi connectivity index (χ0v) is 19.3. The fraction of sp³-hybridized carbons (Fsp3) is 0.300. The van der Waals surface area contributed by atoms with Crippen molar-refractivity contribution in [2.24, 2.45) is 0 Å². The van der Waals surface area contributed by atoms with E-state index in [1.807, 2.05) is 6.92 Å². The molecule has 0 aliphatic carbocycles. The smallest absolute Gasteiger partial charge is 0.311 e. The zero-order valence-electron chi connectivity index (χ0n) is 16.9. The molecule has 0 aromatic heterocycles. The summed E-state index contributed by atoms with van der Waals surface area (Å²) in [7, 11) is -4.44. The number of non-ortho nitro benzene ring substituents is 1. The van der Waals surface area contributed by atoms with E-state index in [0.717, 1.165) is 12.1 Å². The summed E-state index contributed by atoms with van der Waals surface area (Å²) in [6, 6.07) is 8.54. The van der Waals surface area contributed by atoms with Crippen molar-refractivity contribution in [2.45, 2.75) is 44.4 Å². The molecule has 0 aliphatic heterocycles. The minimum atomic E-state index is -4.44. The lowest BCUT2D eigenvalue weighted by atomic mass is 10.2. The Balaban J connectivity index is 2.53. The van der Waals surface area contributed by atoms with E-state index >= 15 is 0 Å². The van der Waals surface area contributed by atoms with Crippen molar-refractivity contribution in [3.05, 3.63) is 57.1 Å². The fourth-order valence-corrected chi connectivity index (χ4v) is 4.60. The topological polar surface area (TPSA) is 124 Å². The van der Waals surface area contributed by atoms with Crippen molar-refractivity contribution in [2.75, 3.05) is 4.31 Å². The SMILES string of the molecule is CCCC(=O)Oc1ccc(N(C(=O)CCC)S(=O)(=O)c2cccc([N+](=O)[O-])c2)cc1Br. The van der Waals surface area contributed by atoms with Gasteiger partial charge in [-0.15, -0.1) is 0 Å². The Hall–Kier alpha value is -2.79. The van der Waals surface area contributed by atoms with Gasteiger partial charge in [-0.25, -0.2) is 12.7 Å². The van der Waals surface area contributed by atoms with Crippen molar-refractivity contribution < 1.29 is 27.7 Å². The lowest BCUT2D eigenvalue weighted by Crippen LogP contribution is -2.36. The molecule has 0 saturated carbocycles. The van der Waals surface area contributed by atoms with E-state index in [-0.39, 0.29) is 33.6 Å². The summed E-state index contributed by atoms with van der Waals surface area (Å²) in [4.78, 5) is 34.5. The average Bonchev–Trinajstić information content (AvgIpc) is 2.70. The molecular formula is C20H21BrN2O7S. The summed E-state index contributed by atoms with van der Waals surface area (Å²) >= 11 is 3.24. The molecule has 0 N–H and O–H groups in total. The molecule has 2 rings (SSSR count). The first-order chi connectivity index (χ1) is 14.6. The number of nitrogens with zero attached hydrogens (tertiary/aromatic N) is 2. The first-order valence-electron chi connectivity index (χ1n) is 9.44. The first kappa shape index (κ1) is 24.5. The fourth-order valence-electron chi connectivity index (χ4n) is 2.67. The summed E-state index contributed by atoms with van der Waals surface area (Å²) in [6.45, 7) is 3.55. The zero-order chi connectivity index (χ0) is 23.2. The van der Waals surface area contributed by atoms with Crippen LogP contribution in [-0.4, -0.2) is 25.2 Å². The van der Waals surface area contributed by atoms with E-state index in [0.29, 0.717) is 17.1 Å². The Kier molecular flexibility index (Phi) is 8.28. The normalized spacial score (nSPS) is 11.1. The van der Waals surface area contributed by atoms with Crippen LogP contribution in [0.1, 0.15) is 39.5 Å². The molecule has 0 fully saturated rings. The maximum absolute atomic E-state index is 13.3. The number of carbonyl (C=O) groups excluding carboxylic acids is 2. The summed E-state index contributed by atoms with van der Waals surface area (Å²) in [5.74, 6) is -0.964. The predicted molar refractivity (Wildman–Crippen MR) is 117 cm³/mol. The van der Waals surface area contributed by atoms with Gasteiger partial charge in [0.1, 0.15) is 5.75 Å². The van der Waals surface area contributed by atoms with Gasteiger partial charge in [0.25, 0.3) is 15.7 Å². The van der Waals surface area contributed by atoms with Crippen LogP contribution < -0.4 is 9.04 Å². The molecule has 11 heteroatoms. The maximum atomic E-state index is 13.3. The van der Waals surface area contributed by atoms with Crippen LogP contribution in [-0.2, 0) is 19.6 Å². The van der Waals surface area contributed by atoms with E-state index in [4.69, 9.17) is 4.74 Å². The molecule has 0 unspecified atom stereocenters.